The lowest BCUT2D eigenvalue weighted by atomic mass is 10.1. The lowest BCUT2D eigenvalue weighted by Crippen LogP contribution is -1.88. The smallest absolute Gasteiger partial charge is 0.145 e. The number of hydrogen-bond donors (Lipinski definition) is 1. The van der Waals surface area contributed by atoms with Crippen LogP contribution in [0.2, 0.25) is 0 Å². The summed E-state index contributed by atoms with van der Waals surface area (Å²) in [5.41, 5.74) is 5.18. The second-order valence-electron chi connectivity index (χ2n) is 6.48. The molecule has 4 aromatic rings. The number of aliphatic imine (C=N–C) groups is 1. The predicted octanol–water partition coefficient (Wildman–Crippen LogP) is 7.51. The molecule has 28 heavy (non-hydrogen) atoms. The topological polar surface area (TPSA) is 37.5 Å². The normalized spacial score (nSPS) is 11.1. The molecule has 138 valence electrons. The van der Waals surface area contributed by atoms with Crippen molar-refractivity contribution in [1.29, 1.82) is 0 Å². The van der Waals surface area contributed by atoms with Crippen molar-refractivity contribution in [3.63, 3.8) is 0 Å². The summed E-state index contributed by atoms with van der Waals surface area (Å²) in [6, 6.07) is 28.1. The molecule has 0 aliphatic carbocycles. The van der Waals surface area contributed by atoms with Gasteiger partial charge in [0.1, 0.15) is 11.5 Å². The van der Waals surface area contributed by atoms with E-state index in [2.05, 4.69) is 51.4 Å². The molecule has 0 aliphatic heterocycles. The third-order valence-corrected chi connectivity index (χ3v) is 4.94. The predicted molar refractivity (Wildman–Crippen MR) is 120 cm³/mol. The van der Waals surface area contributed by atoms with Crippen LogP contribution < -0.4 is 5.32 Å². The first-order valence-electron chi connectivity index (χ1n) is 9.00. The fourth-order valence-corrected chi connectivity index (χ4v) is 3.53. The maximum atomic E-state index is 5.92. The van der Waals surface area contributed by atoms with Crippen molar-refractivity contribution in [1.82, 2.24) is 0 Å². The summed E-state index contributed by atoms with van der Waals surface area (Å²) in [5, 5.41) is 3.36. The first-order valence-corrected chi connectivity index (χ1v) is 9.79. The van der Waals surface area contributed by atoms with Gasteiger partial charge in [-0.2, -0.15) is 0 Å². The molecule has 0 saturated heterocycles. The van der Waals surface area contributed by atoms with Crippen molar-refractivity contribution in [3.8, 4) is 11.3 Å². The molecule has 0 atom stereocenters. The summed E-state index contributed by atoms with van der Waals surface area (Å²) in [4.78, 5) is 4.51. The number of nitrogens with one attached hydrogen (secondary N) is 1. The molecule has 3 aromatic carbocycles. The number of rotatable bonds is 5. The third kappa shape index (κ3) is 4.41. The third-order valence-electron chi connectivity index (χ3n) is 4.29. The summed E-state index contributed by atoms with van der Waals surface area (Å²) in [6.45, 7) is 2.06. The highest BCUT2D eigenvalue weighted by Crippen LogP contribution is 2.30. The van der Waals surface area contributed by atoms with E-state index in [1.54, 1.807) is 6.21 Å². The van der Waals surface area contributed by atoms with Crippen LogP contribution in [0, 0.1) is 6.92 Å². The van der Waals surface area contributed by atoms with Gasteiger partial charge in [0.25, 0.3) is 0 Å². The minimum Gasteiger partial charge on any atom is -0.455 e. The number of nitrogens with zero attached hydrogens (tertiary/aromatic N) is 1. The molecule has 0 spiro atoms. The highest BCUT2D eigenvalue weighted by atomic mass is 79.9. The molecule has 3 nitrogen and oxygen atoms in total. The number of benzene rings is 3. The summed E-state index contributed by atoms with van der Waals surface area (Å²) in [7, 11) is 0. The van der Waals surface area contributed by atoms with Crippen molar-refractivity contribution in [3.05, 3.63) is 101 Å². The van der Waals surface area contributed by atoms with E-state index in [0.717, 1.165) is 32.9 Å². The van der Waals surface area contributed by atoms with E-state index in [1.807, 2.05) is 66.7 Å². The number of hydrogen-bond acceptors (Lipinski definition) is 3. The average Bonchev–Trinajstić information content (AvgIpc) is 3.17. The van der Waals surface area contributed by atoms with E-state index >= 15 is 0 Å². The Morgan fingerprint density at radius 3 is 2.36 bits per heavy atom. The van der Waals surface area contributed by atoms with E-state index in [4.69, 9.17) is 4.42 Å². The molecular weight excluding hydrogens is 412 g/mol. The molecule has 0 bridgehead atoms. The fraction of sp³-hybridized carbons (Fsp3) is 0.0417. The molecule has 0 radical (unpaired) electrons. The zero-order chi connectivity index (χ0) is 19.3. The van der Waals surface area contributed by atoms with E-state index in [-0.39, 0.29) is 0 Å². The first kappa shape index (κ1) is 18.3. The largest absolute Gasteiger partial charge is 0.455 e. The van der Waals surface area contributed by atoms with Gasteiger partial charge in [-0.15, -0.1) is 0 Å². The molecule has 0 amide bonds. The number of halogens is 1. The van der Waals surface area contributed by atoms with Crippen LogP contribution >= 0.6 is 15.9 Å². The molecule has 0 aliphatic rings. The second-order valence-corrected chi connectivity index (χ2v) is 7.34. The van der Waals surface area contributed by atoms with Gasteiger partial charge in [0.05, 0.1) is 11.9 Å². The van der Waals surface area contributed by atoms with Gasteiger partial charge in [-0.05, 0) is 73.2 Å². The lowest BCUT2D eigenvalue weighted by molar-refractivity contribution is 0.575. The van der Waals surface area contributed by atoms with Gasteiger partial charge >= 0.3 is 0 Å². The van der Waals surface area contributed by atoms with Crippen LogP contribution in [0.1, 0.15) is 11.3 Å². The average molecular weight is 431 g/mol. The number of furan rings is 1. The van der Waals surface area contributed by atoms with Crippen molar-refractivity contribution < 1.29 is 4.42 Å². The van der Waals surface area contributed by atoms with Gasteiger partial charge < -0.3 is 9.73 Å². The quantitative estimate of drug-likeness (QED) is 0.332. The second kappa shape index (κ2) is 8.28. The first-order chi connectivity index (χ1) is 13.7. The molecule has 4 rings (SSSR count). The van der Waals surface area contributed by atoms with Crippen molar-refractivity contribution in [2.45, 2.75) is 6.92 Å². The zero-order valence-electron chi connectivity index (χ0n) is 15.4. The Kier molecular flexibility index (Phi) is 5.40. The van der Waals surface area contributed by atoms with Crippen LogP contribution in [0.4, 0.5) is 17.1 Å². The molecular formula is C24H19BrN2O. The molecule has 0 unspecified atom stereocenters. The SMILES string of the molecule is Cc1ccc(-c2ccc(C=Nc3ccc(Nc4ccccc4)cc3)o2)c(Br)c1. The van der Waals surface area contributed by atoms with E-state index < -0.39 is 0 Å². The zero-order valence-corrected chi connectivity index (χ0v) is 17.0. The molecule has 1 N–H and O–H groups in total. The van der Waals surface area contributed by atoms with Crippen LogP contribution in [0.5, 0.6) is 0 Å². The minimum atomic E-state index is 0.717. The molecule has 0 fully saturated rings. The molecule has 4 heteroatoms. The Bertz CT molecular complexity index is 1100. The van der Waals surface area contributed by atoms with Crippen LogP contribution in [0.25, 0.3) is 11.3 Å². The monoisotopic (exact) mass is 430 g/mol. The number of anilines is 2. The van der Waals surface area contributed by atoms with Gasteiger partial charge in [0.15, 0.2) is 0 Å². The van der Waals surface area contributed by atoms with Gasteiger partial charge in [0, 0.05) is 21.4 Å². The maximum Gasteiger partial charge on any atom is 0.145 e. The van der Waals surface area contributed by atoms with E-state index in [0.29, 0.717) is 5.76 Å². The van der Waals surface area contributed by atoms with E-state index in [1.165, 1.54) is 5.56 Å². The highest BCUT2D eigenvalue weighted by Gasteiger charge is 2.07. The molecule has 1 aromatic heterocycles. The minimum absolute atomic E-state index is 0.717. The molecule has 0 saturated carbocycles. The number of aryl methyl sites for hydroxylation is 1. The van der Waals surface area contributed by atoms with Crippen LogP contribution in [0.3, 0.4) is 0 Å². The Morgan fingerprint density at radius 2 is 1.61 bits per heavy atom. The van der Waals surface area contributed by atoms with Crippen molar-refractivity contribution in [2.75, 3.05) is 5.32 Å². The Morgan fingerprint density at radius 1 is 0.857 bits per heavy atom. The van der Waals surface area contributed by atoms with Crippen molar-refractivity contribution in [2.24, 2.45) is 4.99 Å². The fourth-order valence-electron chi connectivity index (χ4n) is 2.84. The maximum absolute atomic E-state index is 5.92. The van der Waals surface area contributed by atoms with Gasteiger partial charge in [0.2, 0.25) is 0 Å². The summed E-state index contributed by atoms with van der Waals surface area (Å²) < 4.78 is 6.94. The van der Waals surface area contributed by atoms with Crippen molar-refractivity contribution >= 4 is 39.2 Å². The summed E-state index contributed by atoms with van der Waals surface area (Å²) in [6.07, 6.45) is 1.74. The Balaban J connectivity index is 1.45. The Labute approximate surface area is 172 Å². The van der Waals surface area contributed by atoms with Crippen LogP contribution in [-0.2, 0) is 0 Å². The standard InChI is InChI=1S/C24H19BrN2O/c1-17-7-13-22(23(25)15-17)24-14-12-21(28-24)16-26-18-8-10-20(11-9-18)27-19-5-3-2-4-6-19/h2-16,27H,1H3. The summed E-state index contributed by atoms with van der Waals surface area (Å²) in [5.74, 6) is 1.53. The summed E-state index contributed by atoms with van der Waals surface area (Å²) >= 11 is 3.60. The number of para-hydroxylation sites is 1. The highest BCUT2D eigenvalue weighted by molar-refractivity contribution is 9.10. The Hall–Kier alpha value is -3.11. The lowest BCUT2D eigenvalue weighted by Gasteiger charge is -2.05. The van der Waals surface area contributed by atoms with Crippen LogP contribution in [0.15, 0.2) is 98.8 Å². The van der Waals surface area contributed by atoms with Gasteiger partial charge in [-0.25, -0.2) is 0 Å². The molecule has 1 heterocycles. The van der Waals surface area contributed by atoms with Crippen LogP contribution in [-0.4, -0.2) is 6.21 Å². The van der Waals surface area contributed by atoms with Gasteiger partial charge in [-0.3, -0.25) is 4.99 Å². The van der Waals surface area contributed by atoms with Gasteiger partial charge in [-0.1, -0.05) is 40.2 Å². The van der Waals surface area contributed by atoms with E-state index in [9.17, 15) is 0 Å².